The highest BCUT2D eigenvalue weighted by Crippen LogP contribution is 2.20. The van der Waals surface area contributed by atoms with Crippen molar-refractivity contribution in [1.82, 2.24) is 0 Å². The van der Waals surface area contributed by atoms with Crippen LogP contribution in [0.1, 0.15) is 284 Å². The van der Waals surface area contributed by atoms with E-state index in [1.165, 1.54) is 218 Å². The van der Waals surface area contributed by atoms with Gasteiger partial charge in [-0.15, -0.1) is 0 Å². The number of ether oxygens (including phenoxy) is 2. The van der Waals surface area contributed by atoms with Crippen molar-refractivity contribution in [2.24, 2.45) is 0 Å². The van der Waals surface area contributed by atoms with E-state index in [-0.39, 0.29) is 13.2 Å². The van der Waals surface area contributed by atoms with Gasteiger partial charge in [-0.3, -0.25) is 9.59 Å². The average molecular weight is 809 g/mol. The Morgan fingerprint density at radius 1 is 0.333 bits per heavy atom. The lowest BCUT2D eigenvalue weighted by Gasteiger charge is -2.21. The maximum absolute atomic E-state index is 12.3. The zero-order valence-electron chi connectivity index (χ0n) is 38.0. The number of aliphatic carboxylic acids is 1. The van der Waals surface area contributed by atoms with Crippen LogP contribution in [0.3, 0.4) is 0 Å². The van der Waals surface area contributed by atoms with Gasteiger partial charge >= 0.3 is 17.9 Å². The second-order valence-corrected chi connectivity index (χ2v) is 17.6. The Bertz CT molecular complexity index is 815. The minimum Gasteiger partial charge on any atom is -0.479 e. The summed E-state index contributed by atoms with van der Waals surface area (Å²) >= 11 is 0. The summed E-state index contributed by atoms with van der Waals surface area (Å²) < 4.78 is 10.4. The predicted octanol–water partition coefficient (Wildman–Crippen LogP) is 15.3. The lowest BCUT2D eigenvalue weighted by Crippen LogP contribution is -2.43. The highest BCUT2D eigenvalue weighted by Gasteiger charge is 2.42. The summed E-state index contributed by atoms with van der Waals surface area (Å²) in [5.41, 5.74) is -2.52. The van der Waals surface area contributed by atoms with Gasteiger partial charge in [-0.2, -0.15) is 0 Å². The summed E-state index contributed by atoms with van der Waals surface area (Å²) in [6.45, 7) is 4.94. The SMILES string of the molecule is CCCCCCCCCCCCCCCCCCCCCCOC(=O)CC(O)(CC(=O)OCCCCCCCCCCCCCCCCCCCCCC)C(=O)O. The van der Waals surface area contributed by atoms with Crippen LogP contribution in [-0.4, -0.2) is 46.9 Å². The molecular weight excluding hydrogens is 713 g/mol. The quantitative estimate of drug-likeness (QED) is 0.0465. The molecule has 0 fully saturated rings. The van der Waals surface area contributed by atoms with Crippen LogP contribution in [0.4, 0.5) is 0 Å². The molecule has 57 heavy (non-hydrogen) atoms. The molecule has 0 saturated heterocycles. The summed E-state index contributed by atoms with van der Waals surface area (Å²) in [5.74, 6) is -3.23. The third kappa shape index (κ3) is 40.9. The fourth-order valence-corrected chi connectivity index (χ4v) is 7.88. The zero-order valence-corrected chi connectivity index (χ0v) is 38.0. The van der Waals surface area contributed by atoms with Crippen LogP contribution in [0.15, 0.2) is 0 Å². The van der Waals surface area contributed by atoms with Gasteiger partial charge < -0.3 is 19.7 Å². The van der Waals surface area contributed by atoms with E-state index in [9.17, 15) is 24.6 Å². The van der Waals surface area contributed by atoms with E-state index >= 15 is 0 Å². The van der Waals surface area contributed by atoms with Crippen molar-refractivity contribution in [3.63, 3.8) is 0 Å². The minimum absolute atomic E-state index is 0.192. The van der Waals surface area contributed by atoms with Gasteiger partial charge in [-0.25, -0.2) is 4.79 Å². The Kier molecular flexibility index (Phi) is 42.7. The van der Waals surface area contributed by atoms with Crippen molar-refractivity contribution in [1.29, 1.82) is 0 Å². The number of carbonyl (C=O) groups excluding carboxylic acids is 2. The first-order chi connectivity index (χ1) is 27.9. The number of hydrogen-bond acceptors (Lipinski definition) is 6. The number of aliphatic hydroxyl groups is 1. The molecule has 0 atom stereocenters. The minimum atomic E-state index is -2.52. The molecule has 0 rings (SSSR count). The van der Waals surface area contributed by atoms with E-state index in [1.807, 2.05) is 0 Å². The maximum Gasteiger partial charge on any atom is 0.336 e. The van der Waals surface area contributed by atoms with Crippen LogP contribution in [0, 0.1) is 0 Å². The molecule has 0 saturated carbocycles. The molecule has 0 amide bonds. The molecule has 0 heterocycles. The Labute approximate surface area is 353 Å². The highest BCUT2D eigenvalue weighted by molar-refractivity contribution is 5.89. The molecular formula is C50H96O7. The van der Waals surface area contributed by atoms with Crippen LogP contribution in [0.5, 0.6) is 0 Å². The van der Waals surface area contributed by atoms with Crippen LogP contribution < -0.4 is 0 Å². The molecule has 0 aromatic rings. The zero-order chi connectivity index (χ0) is 41.8. The van der Waals surface area contributed by atoms with E-state index in [4.69, 9.17) is 9.47 Å². The highest BCUT2D eigenvalue weighted by atomic mass is 16.5. The summed E-state index contributed by atoms with van der Waals surface area (Å²) in [4.78, 5) is 36.4. The maximum atomic E-state index is 12.3. The third-order valence-electron chi connectivity index (χ3n) is 11.8. The Morgan fingerprint density at radius 2 is 0.509 bits per heavy atom. The predicted molar refractivity (Wildman–Crippen MR) is 240 cm³/mol. The Morgan fingerprint density at radius 3 is 0.684 bits per heavy atom. The first kappa shape index (κ1) is 55.4. The first-order valence-electron chi connectivity index (χ1n) is 25.1. The van der Waals surface area contributed by atoms with Crippen molar-refractivity contribution in [2.75, 3.05) is 13.2 Å². The molecule has 0 aliphatic carbocycles. The Hall–Kier alpha value is -1.63. The summed E-state index contributed by atoms with van der Waals surface area (Å²) in [5, 5.41) is 20.1. The summed E-state index contributed by atoms with van der Waals surface area (Å²) in [6.07, 6.45) is 50.2. The first-order valence-corrected chi connectivity index (χ1v) is 25.1. The average Bonchev–Trinajstić information content (AvgIpc) is 3.19. The summed E-state index contributed by atoms with van der Waals surface area (Å²) in [6, 6.07) is 0. The van der Waals surface area contributed by atoms with Gasteiger partial charge in [0.25, 0.3) is 0 Å². The van der Waals surface area contributed by atoms with E-state index in [2.05, 4.69) is 13.8 Å². The number of carboxylic acid groups (broad SMARTS) is 1. The van der Waals surface area contributed by atoms with Crippen molar-refractivity contribution in [2.45, 2.75) is 289 Å². The molecule has 7 nitrogen and oxygen atoms in total. The van der Waals surface area contributed by atoms with Gasteiger partial charge in [0.05, 0.1) is 26.1 Å². The monoisotopic (exact) mass is 809 g/mol. The fourth-order valence-electron chi connectivity index (χ4n) is 7.88. The fraction of sp³-hybridized carbons (Fsp3) is 0.940. The van der Waals surface area contributed by atoms with Gasteiger partial charge in [0.2, 0.25) is 0 Å². The molecule has 0 aromatic carbocycles. The van der Waals surface area contributed by atoms with Gasteiger partial charge in [-0.1, -0.05) is 258 Å². The van der Waals surface area contributed by atoms with Crippen LogP contribution in [0.2, 0.25) is 0 Å². The summed E-state index contributed by atoms with van der Waals surface area (Å²) in [7, 11) is 0. The molecule has 0 bridgehead atoms. The number of hydrogen-bond donors (Lipinski definition) is 2. The molecule has 0 aliphatic heterocycles. The normalized spacial score (nSPS) is 11.6. The number of carbonyl (C=O) groups is 3. The number of esters is 2. The van der Waals surface area contributed by atoms with Crippen molar-refractivity contribution in [3.05, 3.63) is 0 Å². The van der Waals surface area contributed by atoms with Crippen molar-refractivity contribution < 1.29 is 34.1 Å². The molecule has 2 N–H and O–H groups in total. The Balaban J connectivity index is 3.63. The molecule has 0 unspecified atom stereocenters. The second kappa shape index (κ2) is 43.9. The number of carboxylic acids is 1. The molecule has 7 heteroatoms. The van der Waals surface area contributed by atoms with E-state index < -0.39 is 36.4 Å². The van der Waals surface area contributed by atoms with E-state index in [0.717, 1.165) is 25.7 Å². The second-order valence-electron chi connectivity index (χ2n) is 17.6. The van der Waals surface area contributed by atoms with Gasteiger partial charge in [0.1, 0.15) is 0 Å². The molecule has 338 valence electrons. The van der Waals surface area contributed by atoms with E-state index in [1.54, 1.807) is 0 Å². The number of rotatable bonds is 47. The lowest BCUT2D eigenvalue weighted by atomic mass is 9.96. The van der Waals surface area contributed by atoms with Gasteiger partial charge in [0.15, 0.2) is 5.60 Å². The van der Waals surface area contributed by atoms with Crippen molar-refractivity contribution in [3.8, 4) is 0 Å². The molecule has 0 aromatic heterocycles. The largest absolute Gasteiger partial charge is 0.479 e. The third-order valence-corrected chi connectivity index (χ3v) is 11.8. The molecule has 0 spiro atoms. The van der Waals surface area contributed by atoms with Crippen molar-refractivity contribution >= 4 is 17.9 Å². The standard InChI is InChI=1S/C50H96O7/c1-3-5-7-9-11-13-15-17-19-21-23-25-27-29-31-33-35-37-39-41-43-56-47(51)45-50(55,49(53)54)46-48(52)57-44-42-40-38-36-34-32-30-28-26-24-22-20-18-16-14-12-10-8-6-4-2/h55H,3-46H2,1-2H3,(H,53,54). The molecule has 0 aliphatic rings. The van der Waals surface area contributed by atoms with Gasteiger partial charge in [-0.05, 0) is 12.8 Å². The van der Waals surface area contributed by atoms with Gasteiger partial charge in [0, 0.05) is 0 Å². The smallest absolute Gasteiger partial charge is 0.336 e. The van der Waals surface area contributed by atoms with Crippen LogP contribution in [0.25, 0.3) is 0 Å². The van der Waals surface area contributed by atoms with Crippen LogP contribution >= 0.6 is 0 Å². The number of unbranched alkanes of at least 4 members (excludes halogenated alkanes) is 38. The van der Waals surface area contributed by atoms with E-state index in [0.29, 0.717) is 12.8 Å². The topological polar surface area (TPSA) is 110 Å². The molecule has 0 radical (unpaired) electrons. The van der Waals surface area contributed by atoms with Crippen LogP contribution in [-0.2, 0) is 23.9 Å². The lowest BCUT2D eigenvalue weighted by molar-refractivity contribution is -0.173.